The zero-order valence-corrected chi connectivity index (χ0v) is 9.01. The van der Waals surface area contributed by atoms with Crippen LogP contribution in [0.25, 0.3) is 0 Å². The van der Waals surface area contributed by atoms with Crippen molar-refractivity contribution in [1.29, 1.82) is 0 Å². The Labute approximate surface area is 85.9 Å². The van der Waals surface area contributed by atoms with E-state index in [4.69, 9.17) is 0 Å². The molecule has 0 radical (unpaired) electrons. The van der Waals surface area contributed by atoms with Gasteiger partial charge in [0.25, 0.3) is 0 Å². The summed E-state index contributed by atoms with van der Waals surface area (Å²) in [6.45, 7) is 8.65. The van der Waals surface area contributed by atoms with Gasteiger partial charge in [0.2, 0.25) is 0 Å². The zero-order valence-electron chi connectivity index (χ0n) is 9.01. The average Bonchev–Trinajstić information content (AvgIpc) is 2.66. The second kappa shape index (κ2) is 4.01. The van der Waals surface area contributed by atoms with Crippen LogP contribution >= 0.6 is 0 Å². The van der Waals surface area contributed by atoms with E-state index in [9.17, 15) is 0 Å². The highest BCUT2D eigenvalue weighted by atomic mass is 15.1. The number of hydrogen-bond donors (Lipinski definition) is 1. The molecule has 1 aromatic rings. The summed E-state index contributed by atoms with van der Waals surface area (Å²) < 4.78 is 0. The van der Waals surface area contributed by atoms with Gasteiger partial charge in [0.15, 0.2) is 0 Å². The molecule has 76 valence electrons. The molecule has 0 spiro atoms. The van der Waals surface area contributed by atoms with Gasteiger partial charge in [0.1, 0.15) is 0 Å². The molecule has 2 heteroatoms. The minimum Gasteiger partial charge on any atom is -0.372 e. The van der Waals surface area contributed by atoms with Crippen molar-refractivity contribution in [3.8, 4) is 0 Å². The molecule has 0 saturated heterocycles. The summed E-state index contributed by atoms with van der Waals surface area (Å²) in [5.74, 6) is 0. The van der Waals surface area contributed by atoms with Crippen molar-refractivity contribution in [1.82, 2.24) is 5.32 Å². The third kappa shape index (κ3) is 1.62. The van der Waals surface area contributed by atoms with Crippen molar-refractivity contribution in [2.75, 3.05) is 18.0 Å². The first-order chi connectivity index (χ1) is 6.85. The molecule has 0 atom stereocenters. The molecule has 1 heterocycles. The number of nitrogens with zero attached hydrogens (tertiary/aromatic N) is 1. The van der Waals surface area contributed by atoms with Crippen molar-refractivity contribution in [2.45, 2.75) is 26.9 Å². The van der Waals surface area contributed by atoms with Gasteiger partial charge < -0.3 is 10.2 Å². The van der Waals surface area contributed by atoms with Crippen LogP contribution < -0.4 is 10.2 Å². The molecular formula is C12H18N2. The van der Waals surface area contributed by atoms with E-state index in [1.165, 1.54) is 16.8 Å². The summed E-state index contributed by atoms with van der Waals surface area (Å²) in [5.41, 5.74) is 4.28. The molecule has 0 fully saturated rings. The molecule has 0 saturated carbocycles. The van der Waals surface area contributed by atoms with E-state index < -0.39 is 0 Å². The summed E-state index contributed by atoms with van der Waals surface area (Å²) in [6, 6.07) is 6.81. The fourth-order valence-corrected chi connectivity index (χ4v) is 2.07. The quantitative estimate of drug-likeness (QED) is 0.785. The molecule has 1 aliphatic rings. The van der Waals surface area contributed by atoms with Crippen molar-refractivity contribution >= 4 is 5.69 Å². The zero-order chi connectivity index (χ0) is 9.97. The first-order valence-corrected chi connectivity index (χ1v) is 5.42. The van der Waals surface area contributed by atoms with Crippen molar-refractivity contribution in [3.05, 3.63) is 29.3 Å². The van der Waals surface area contributed by atoms with Gasteiger partial charge in [-0.3, -0.25) is 0 Å². The molecule has 1 aliphatic heterocycles. The third-order valence-electron chi connectivity index (χ3n) is 2.95. The van der Waals surface area contributed by atoms with Gasteiger partial charge in [0.05, 0.1) is 0 Å². The molecule has 0 unspecified atom stereocenters. The Morgan fingerprint density at radius 3 is 2.57 bits per heavy atom. The van der Waals surface area contributed by atoms with Crippen LogP contribution in [0.2, 0.25) is 0 Å². The van der Waals surface area contributed by atoms with E-state index in [1.54, 1.807) is 0 Å². The maximum absolute atomic E-state index is 3.37. The van der Waals surface area contributed by atoms with Crippen LogP contribution in [0.4, 0.5) is 5.69 Å². The summed E-state index contributed by atoms with van der Waals surface area (Å²) in [4.78, 5) is 2.39. The van der Waals surface area contributed by atoms with E-state index in [0.29, 0.717) is 0 Å². The summed E-state index contributed by atoms with van der Waals surface area (Å²) in [5, 5.41) is 3.37. The molecule has 0 aliphatic carbocycles. The van der Waals surface area contributed by atoms with Gasteiger partial charge >= 0.3 is 0 Å². The van der Waals surface area contributed by atoms with Crippen LogP contribution in [0, 0.1) is 0 Å². The summed E-state index contributed by atoms with van der Waals surface area (Å²) in [7, 11) is 0. The highest BCUT2D eigenvalue weighted by Crippen LogP contribution is 2.22. The fraction of sp³-hybridized carbons (Fsp3) is 0.500. The molecule has 14 heavy (non-hydrogen) atoms. The Morgan fingerprint density at radius 2 is 1.86 bits per heavy atom. The predicted octanol–water partition coefficient (Wildman–Crippen LogP) is 2.14. The average molecular weight is 190 g/mol. The van der Waals surface area contributed by atoms with E-state index in [-0.39, 0.29) is 0 Å². The fourth-order valence-electron chi connectivity index (χ4n) is 2.07. The van der Waals surface area contributed by atoms with Crippen LogP contribution in [0.5, 0.6) is 0 Å². The Hall–Kier alpha value is -1.02. The van der Waals surface area contributed by atoms with Gasteiger partial charge in [-0.25, -0.2) is 0 Å². The molecule has 1 aromatic carbocycles. The minimum absolute atomic E-state index is 1.03. The molecule has 2 nitrogen and oxygen atoms in total. The lowest BCUT2D eigenvalue weighted by atomic mass is 10.1. The van der Waals surface area contributed by atoms with Crippen LogP contribution in [0.15, 0.2) is 18.2 Å². The van der Waals surface area contributed by atoms with Gasteiger partial charge in [0, 0.05) is 31.9 Å². The topological polar surface area (TPSA) is 15.3 Å². The van der Waals surface area contributed by atoms with Gasteiger partial charge in [-0.1, -0.05) is 6.07 Å². The Morgan fingerprint density at radius 1 is 1.14 bits per heavy atom. The Bertz CT molecular complexity index is 316. The molecule has 0 bridgehead atoms. The minimum atomic E-state index is 1.03. The Balaban J connectivity index is 2.27. The number of nitrogens with one attached hydrogen (secondary N) is 1. The standard InChI is InChI=1S/C12H18N2/c1-3-14(4-2)12-6-5-10-8-13-9-11(10)7-12/h5-7,13H,3-4,8-9H2,1-2H3. The smallest absolute Gasteiger partial charge is 0.0369 e. The third-order valence-corrected chi connectivity index (χ3v) is 2.95. The largest absolute Gasteiger partial charge is 0.372 e. The molecule has 2 rings (SSSR count). The van der Waals surface area contributed by atoms with E-state index in [1.807, 2.05) is 0 Å². The van der Waals surface area contributed by atoms with Crippen LogP contribution in [0.1, 0.15) is 25.0 Å². The van der Waals surface area contributed by atoms with Crippen molar-refractivity contribution in [3.63, 3.8) is 0 Å². The highest BCUT2D eigenvalue weighted by Gasteiger charge is 2.11. The second-order valence-corrected chi connectivity index (χ2v) is 3.73. The number of fused-ring (bicyclic) bond motifs is 1. The summed E-state index contributed by atoms with van der Waals surface area (Å²) >= 11 is 0. The molecule has 0 amide bonds. The maximum atomic E-state index is 3.37. The first-order valence-electron chi connectivity index (χ1n) is 5.42. The number of anilines is 1. The lowest BCUT2D eigenvalue weighted by Crippen LogP contribution is -2.21. The van der Waals surface area contributed by atoms with Crippen LogP contribution in [-0.4, -0.2) is 13.1 Å². The van der Waals surface area contributed by atoms with E-state index >= 15 is 0 Å². The van der Waals surface area contributed by atoms with Crippen LogP contribution in [-0.2, 0) is 13.1 Å². The van der Waals surface area contributed by atoms with E-state index in [0.717, 1.165) is 26.2 Å². The van der Waals surface area contributed by atoms with Gasteiger partial charge in [-0.15, -0.1) is 0 Å². The number of hydrogen-bond acceptors (Lipinski definition) is 2. The summed E-state index contributed by atoms with van der Waals surface area (Å²) in [6.07, 6.45) is 0. The lowest BCUT2D eigenvalue weighted by molar-refractivity contribution is 0.764. The second-order valence-electron chi connectivity index (χ2n) is 3.73. The molecule has 1 N–H and O–H groups in total. The monoisotopic (exact) mass is 190 g/mol. The first kappa shape index (κ1) is 9.53. The van der Waals surface area contributed by atoms with Gasteiger partial charge in [-0.05, 0) is 37.1 Å². The SMILES string of the molecule is CCN(CC)c1ccc2c(c1)CNC2. The number of benzene rings is 1. The highest BCUT2D eigenvalue weighted by molar-refractivity contribution is 5.51. The van der Waals surface area contributed by atoms with Crippen LogP contribution in [0.3, 0.4) is 0 Å². The molecule has 0 aromatic heterocycles. The Kier molecular flexibility index (Phi) is 2.73. The number of rotatable bonds is 3. The lowest BCUT2D eigenvalue weighted by Gasteiger charge is -2.21. The van der Waals surface area contributed by atoms with Crippen molar-refractivity contribution < 1.29 is 0 Å². The predicted molar refractivity (Wildman–Crippen MR) is 60.5 cm³/mol. The van der Waals surface area contributed by atoms with E-state index in [2.05, 4.69) is 42.3 Å². The molecular weight excluding hydrogens is 172 g/mol. The maximum Gasteiger partial charge on any atom is 0.0369 e. The van der Waals surface area contributed by atoms with Gasteiger partial charge in [-0.2, -0.15) is 0 Å². The van der Waals surface area contributed by atoms with Crippen molar-refractivity contribution in [2.24, 2.45) is 0 Å². The normalized spacial score (nSPS) is 14.1.